The van der Waals surface area contributed by atoms with Crippen LogP contribution >= 0.6 is 11.6 Å². The lowest BCUT2D eigenvalue weighted by Gasteiger charge is -2.35. The van der Waals surface area contributed by atoms with Gasteiger partial charge in [-0.25, -0.2) is 9.97 Å². The number of nitrogens with zero attached hydrogens (tertiary/aromatic N) is 5. The average Bonchev–Trinajstić information content (AvgIpc) is 3.03. The second-order valence-corrected chi connectivity index (χ2v) is 10.9. The zero-order valence-electron chi connectivity index (χ0n) is 16.8. The first-order valence-corrected chi connectivity index (χ1v) is 12.3. The summed E-state index contributed by atoms with van der Waals surface area (Å²) >= 11 is 6.50. The summed E-state index contributed by atoms with van der Waals surface area (Å²) in [5.74, 6) is 6.14. The number of hydrogen-bond donors (Lipinski definition) is 0. The molecule has 8 heteroatoms. The second-order valence-electron chi connectivity index (χ2n) is 7.72. The van der Waals surface area contributed by atoms with Gasteiger partial charge in [0.15, 0.2) is 0 Å². The number of aryl methyl sites for hydroxylation is 1. The molecule has 0 radical (unpaired) electrons. The van der Waals surface area contributed by atoms with Gasteiger partial charge in [-0.3, -0.25) is 9.11 Å². The van der Waals surface area contributed by atoms with E-state index < -0.39 is 9.52 Å². The molecule has 0 saturated carbocycles. The number of piperazine rings is 1. The molecule has 154 valence electrons. The average molecular weight is 432 g/mol. The van der Waals surface area contributed by atoms with Crippen LogP contribution in [0.25, 0.3) is 22.4 Å². The van der Waals surface area contributed by atoms with Crippen molar-refractivity contribution in [3.8, 4) is 11.4 Å². The van der Waals surface area contributed by atoms with E-state index in [0.29, 0.717) is 10.8 Å². The Morgan fingerprint density at radius 3 is 2.62 bits per heavy atom. The number of rotatable bonds is 5. The summed E-state index contributed by atoms with van der Waals surface area (Å²) in [7, 11) is 0.0711. The van der Waals surface area contributed by atoms with E-state index in [2.05, 4.69) is 31.3 Å². The molecule has 2 aromatic heterocycles. The molecule has 0 aliphatic carbocycles. The second kappa shape index (κ2) is 7.97. The van der Waals surface area contributed by atoms with Gasteiger partial charge in [0.1, 0.15) is 11.6 Å². The summed E-state index contributed by atoms with van der Waals surface area (Å²) in [4.78, 5) is 14.0. The predicted octanol–water partition coefficient (Wildman–Crippen LogP) is 2.76. The van der Waals surface area contributed by atoms with Gasteiger partial charge >= 0.3 is 0 Å². The van der Waals surface area contributed by atoms with E-state index in [1.165, 1.54) is 0 Å². The van der Waals surface area contributed by atoms with Crippen molar-refractivity contribution in [2.24, 2.45) is 7.05 Å². The first-order chi connectivity index (χ1) is 13.8. The topological polar surface area (TPSA) is 54.3 Å². The fourth-order valence-electron chi connectivity index (χ4n) is 3.68. The molecule has 3 heterocycles. The third kappa shape index (κ3) is 4.42. The van der Waals surface area contributed by atoms with Crippen molar-refractivity contribution in [2.75, 3.05) is 49.6 Å². The van der Waals surface area contributed by atoms with Crippen LogP contribution in [0.2, 0.25) is 5.02 Å². The number of pyridine rings is 1. The Hall–Kier alpha value is -2.09. The van der Waals surface area contributed by atoms with E-state index in [1.807, 2.05) is 31.3 Å². The zero-order valence-corrected chi connectivity index (χ0v) is 18.4. The lowest BCUT2D eigenvalue weighted by Crippen LogP contribution is -2.47. The Bertz CT molecular complexity index is 1130. The molecule has 0 amide bonds. The number of aromatic nitrogens is 3. The highest BCUT2D eigenvalue weighted by Gasteiger charge is 2.20. The molecule has 0 spiro atoms. The number of halogens is 1. The predicted molar refractivity (Wildman–Crippen MR) is 124 cm³/mol. The monoisotopic (exact) mass is 431 g/mol. The maximum absolute atomic E-state index is 11.8. The molecule has 6 nitrogen and oxygen atoms in total. The summed E-state index contributed by atoms with van der Waals surface area (Å²) in [6.07, 6.45) is 3.44. The van der Waals surface area contributed by atoms with Crippen LogP contribution in [0, 0.1) is 0 Å². The Kier molecular flexibility index (Phi) is 5.55. The maximum Gasteiger partial charge on any atom is 0.142 e. The van der Waals surface area contributed by atoms with Crippen LogP contribution in [0.15, 0.2) is 36.5 Å². The van der Waals surface area contributed by atoms with Crippen molar-refractivity contribution < 1.29 is 4.21 Å². The van der Waals surface area contributed by atoms with Crippen LogP contribution in [0.3, 0.4) is 0 Å². The van der Waals surface area contributed by atoms with Crippen LogP contribution < -0.4 is 4.90 Å². The molecule has 3 aromatic rings. The van der Waals surface area contributed by atoms with E-state index in [1.54, 1.807) is 12.5 Å². The number of fused-ring (bicyclic) bond motifs is 1. The van der Waals surface area contributed by atoms with E-state index in [4.69, 9.17) is 16.6 Å². The molecule has 0 bridgehead atoms. The van der Waals surface area contributed by atoms with Gasteiger partial charge in [-0.15, -0.1) is 0 Å². The molecule has 1 atom stereocenters. The molecule has 29 heavy (non-hydrogen) atoms. The maximum atomic E-state index is 11.8. The summed E-state index contributed by atoms with van der Waals surface area (Å²) in [5, 5.41) is 0.596. The molecular weight excluding hydrogens is 406 g/mol. The minimum atomic E-state index is -1.94. The smallest absolute Gasteiger partial charge is 0.142 e. The molecule has 1 aliphatic rings. The van der Waals surface area contributed by atoms with Gasteiger partial charge in [-0.1, -0.05) is 23.7 Å². The van der Waals surface area contributed by atoms with Crippen molar-refractivity contribution in [1.29, 1.82) is 0 Å². The fraction of sp³-hybridized carbons (Fsp3) is 0.381. The summed E-state index contributed by atoms with van der Waals surface area (Å²) < 4.78 is 13.9. The van der Waals surface area contributed by atoms with Crippen LogP contribution in [-0.2, 0) is 16.6 Å². The van der Waals surface area contributed by atoms with Gasteiger partial charge in [0.05, 0.1) is 16.1 Å². The van der Waals surface area contributed by atoms with Gasteiger partial charge in [0.25, 0.3) is 0 Å². The standard InChI is InChI=1S/C21H26ClN5OS/c1-25-19-7-5-4-6-18(19)24-21(25)16-14-20(23-15-17(16)22)27-10-8-26(9-11-27)12-13-29(2,3)28/h4-7,14-15H,2,8-13H2,1,3H3. The molecule has 1 saturated heterocycles. The highest BCUT2D eigenvalue weighted by atomic mass is 35.5. The van der Waals surface area contributed by atoms with Crippen LogP contribution in [0.4, 0.5) is 5.82 Å². The van der Waals surface area contributed by atoms with Crippen molar-refractivity contribution in [2.45, 2.75) is 0 Å². The van der Waals surface area contributed by atoms with Crippen LogP contribution in [0.5, 0.6) is 0 Å². The van der Waals surface area contributed by atoms with E-state index in [9.17, 15) is 4.21 Å². The summed E-state index contributed by atoms with van der Waals surface area (Å²) in [5.41, 5.74) is 2.91. The summed E-state index contributed by atoms with van der Waals surface area (Å²) in [6.45, 7) is 4.41. The molecule has 1 unspecified atom stereocenters. The van der Waals surface area contributed by atoms with Crippen LogP contribution in [-0.4, -0.2) is 74.2 Å². The minimum Gasteiger partial charge on any atom is -0.354 e. The SMILES string of the molecule is C=S(C)(=O)CCN1CCN(c2cc(-c3nc4ccccc4n3C)c(Cl)cn2)CC1. The van der Waals surface area contributed by atoms with Gasteiger partial charge in [-0.05, 0) is 33.6 Å². The molecule has 4 rings (SSSR count). The lowest BCUT2D eigenvalue weighted by molar-refractivity contribution is 0.272. The third-order valence-corrected chi connectivity index (χ3v) is 6.75. The fourth-order valence-corrected chi connectivity index (χ4v) is 4.51. The van der Waals surface area contributed by atoms with Crippen molar-refractivity contribution in [1.82, 2.24) is 19.4 Å². The Labute approximate surface area is 177 Å². The number of benzene rings is 1. The highest BCUT2D eigenvalue weighted by molar-refractivity contribution is 7.99. The van der Waals surface area contributed by atoms with Crippen molar-refractivity contribution in [3.63, 3.8) is 0 Å². The number of anilines is 1. The van der Waals surface area contributed by atoms with Crippen LogP contribution in [0.1, 0.15) is 0 Å². The lowest BCUT2D eigenvalue weighted by atomic mass is 10.2. The normalized spacial score (nSPS) is 17.6. The van der Waals surface area contributed by atoms with Gasteiger partial charge in [0.2, 0.25) is 0 Å². The molecule has 1 aromatic carbocycles. The molecule has 0 N–H and O–H groups in total. The van der Waals surface area contributed by atoms with E-state index in [0.717, 1.165) is 61.0 Å². The highest BCUT2D eigenvalue weighted by Crippen LogP contribution is 2.31. The van der Waals surface area contributed by atoms with Crippen molar-refractivity contribution >= 4 is 43.8 Å². The largest absolute Gasteiger partial charge is 0.354 e. The number of hydrogen-bond acceptors (Lipinski definition) is 5. The van der Waals surface area contributed by atoms with Crippen molar-refractivity contribution in [3.05, 3.63) is 41.6 Å². The Morgan fingerprint density at radius 2 is 1.93 bits per heavy atom. The molecular formula is C21H26ClN5OS. The molecule has 1 aliphatic heterocycles. The van der Waals surface area contributed by atoms with E-state index in [-0.39, 0.29) is 0 Å². The molecule has 1 fully saturated rings. The first-order valence-electron chi connectivity index (χ1n) is 9.66. The minimum absolute atomic E-state index is 0.596. The zero-order chi connectivity index (χ0) is 20.6. The van der Waals surface area contributed by atoms with Gasteiger partial charge in [-0.2, -0.15) is 0 Å². The number of imidazole rings is 1. The Morgan fingerprint density at radius 1 is 1.21 bits per heavy atom. The van der Waals surface area contributed by atoms with Gasteiger partial charge < -0.3 is 9.47 Å². The first kappa shape index (κ1) is 20.2. The van der Waals surface area contributed by atoms with Gasteiger partial charge in [0, 0.05) is 63.5 Å². The summed E-state index contributed by atoms with van der Waals surface area (Å²) in [6, 6.07) is 10.1. The quantitative estimate of drug-likeness (QED) is 0.581. The van der Waals surface area contributed by atoms with E-state index >= 15 is 0 Å². The third-order valence-electron chi connectivity index (χ3n) is 5.40. The Balaban J connectivity index is 1.54. The number of para-hydroxylation sites is 2.